The van der Waals surface area contributed by atoms with Crippen molar-refractivity contribution in [3.63, 3.8) is 0 Å². The number of carbonyl (C=O) groups excluding carboxylic acids is 2. The zero-order chi connectivity index (χ0) is 13.2. The van der Waals surface area contributed by atoms with Crippen molar-refractivity contribution in [2.75, 3.05) is 6.61 Å². The van der Waals surface area contributed by atoms with Crippen molar-refractivity contribution >= 4 is 11.8 Å². The van der Waals surface area contributed by atoms with Gasteiger partial charge in [0.05, 0.1) is 12.9 Å². The molecule has 0 amide bonds. The van der Waals surface area contributed by atoms with Gasteiger partial charge in [-0.15, -0.1) is 0 Å². The van der Waals surface area contributed by atoms with Crippen LogP contribution in [0.5, 0.6) is 0 Å². The highest BCUT2D eigenvalue weighted by Gasteiger charge is 2.07. The summed E-state index contributed by atoms with van der Waals surface area (Å²) in [5, 5.41) is 0. The number of furan rings is 1. The van der Waals surface area contributed by atoms with Crippen LogP contribution in [0.2, 0.25) is 0 Å². The zero-order valence-corrected chi connectivity index (χ0v) is 10.8. The molecule has 0 saturated heterocycles. The van der Waals surface area contributed by atoms with Gasteiger partial charge in [0.15, 0.2) is 11.5 Å². The van der Waals surface area contributed by atoms with E-state index in [1.165, 1.54) is 6.26 Å². The predicted octanol–water partition coefficient (Wildman–Crippen LogP) is 3.37. The molecule has 0 N–H and O–H groups in total. The van der Waals surface area contributed by atoms with Crippen molar-refractivity contribution in [3.05, 3.63) is 24.2 Å². The number of Topliss-reactive ketones (excluding diaryl/α,β-unsaturated/α-hetero) is 1. The third-order valence-electron chi connectivity index (χ3n) is 2.64. The monoisotopic (exact) mass is 252 g/mol. The first kappa shape index (κ1) is 14.5. The molecule has 0 radical (unpaired) electrons. The van der Waals surface area contributed by atoms with E-state index in [0.29, 0.717) is 25.2 Å². The van der Waals surface area contributed by atoms with Crippen molar-refractivity contribution in [2.24, 2.45) is 0 Å². The Kier molecular flexibility index (Phi) is 6.84. The second kappa shape index (κ2) is 8.50. The standard InChI is InChI=1S/C14H20O4/c1-2-17-14(16)10-6-4-3-5-8-12(15)13-9-7-11-18-13/h7,9,11H,2-6,8,10H2,1H3. The average Bonchev–Trinajstić information content (AvgIpc) is 2.87. The molecule has 0 atom stereocenters. The van der Waals surface area contributed by atoms with E-state index < -0.39 is 0 Å². The van der Waals surface area contributed by atoms with E-state index in [0.717, 1.165) is 25.7 Å². The van der Waals surface area contributed by atoms with Crippen LogP contribution >= 0.6 is 0 Å². The molecule has 4 heteroatoms. The number of unbranched alkanes of at least 4 members (excludes halogenated alkanes) is 3. The van der Waals surface area contributed by atoms with Gasteiger partial charge in [0.25, 0.3) is 0 Å². The molecular weight excluding hydrogens is 232 g/mol. The molecule has 18 heavy (non-hydrogen) atoms. The zero-order valence-electron chi connectivity index (χ0n) is 10.8. The van der Waals surface area contributed by atoms with Gasteiger partial charge in [0.2, 0.25) is 0 Å². The molecule has 0 fully saturated rings. The van der Waals surface area contributed by atoms with Gasteiger partial charge in [-0.05, 0) is 31.9 Å². The van der Waals surface area contributed by atoms with Crippen LogP contribution in [0.3, 0.4) is 0 Å². The Hall–Kier alpha value is -1.58. The summed E-state index contributed by atoms with van der Waals surface area (Å²) < 4.78 is 9.85. The lowest BCUT2D eigenvalue weighted by Crippen LogP contribution is -2.03. The summed E-state index contributed by atoms with van der Waals surface area (Å²) >= 11 is 0. The summed E-state index contributed by atoms with van der Waals surface area (Å²) in [6.45, 7) is 2.24. The third-order valence-corrected chi connectivity index (χ3v) is 2.64. The second-order valence-corrected chi connectivity index (χ2v) is 4.12. The van der Waals surface area contributed by atoms with Crippen molar-refractivity contribution in [2.45, 2.75) is 45.4 Å². The number of hydrogen-bond donors (Lipinski definition) is 0. The largest absolute Gasteiger partial charge is 0.466 e. The Morgan fingerprint density at radius 1 is 1.17 bits per heavy atom. The summed E-state index contributed by atoms with van der Waals surface area (Å²) in [6, 6.07) is 3.40. The lowest BCUT2D eigenvalue weighted by molar-refractivity contribution is -0.143. The molecule has 4 nitrogen and oxygen atoms in total. The van der Waals surface area contributed by atoms with Crippen LogP contribution in [0.1, 0.15) is 56.0 Å². The van der Waals surface area contributed by atoms with Crippen LogP contribution in [-0.2, 0) is 9.53 Å². The minimum Gasteiger partial charge on any atom is -0.466 e. The number of esters is 1. The summed E-state index contributed by atoms with van der Waals surface area (Å²) in [5.41, 5.74) is 0. The first-order valence-corrected chi connectivity index (χ1v) is 6.46. The van der Waals surface area contributed by atoms with Gasteiger partial charge in [-0.3, -0.25) is 9.59 Å². The Bertz CT molecular complexity index is 354. The van der Waals surface area contributed by atoms with Gasteiger partial charge in [-0.2, -0.15) is 0 Å². The maximum atomic E-state index is 11.6. The molecule has 0 aliphatic rings. The molecular formula is C14H20O4. The van der Waals surface area contributed by atoms with E-state index in [2.05, 4.69) is 0 Å². The second-order valence-electron chi connectivity index (χ2n) is 4.12. The fourth-order valence-electron chi connectivity index (χ4n) is 1.70. The SMILES string of the molecule is CCOC(=O)CCCCCCC(=O)c1ccco1. The van der Waals surface area contributed by atoms with E-state index in [9.17, 15) is 9.59 Å². The first-order valence-electron chi connectivity index (χ1n) is 6.46. The maximum Gasteiger partial charge on any atom is 0.305 e. The number of rotatable bonds is 9. The Morgan fingerprint density at radius 3 is 2.50 bits per heavy atom. The highest BCUT2D eigenvalue weighted by molar-refractivity contribution is 5.93. The van der Waals surface area contributed by atoms with Crippen LogP contribution < -0.4 is 0 Å². The maximum absolute atomic E-state index is 11.6. The molecule has 0 aliphatic carbocycles. The molecule has 1 aromatic heterocycles. The van der Waals surface area contributed by atoms with Gasteiger partial charge in [0.1, 0.15) is 0 Å². The highest BCUT2D eigenvalue weighted by atomic mass is 16.5. The van der Waals surface area contributed by atoms with Gasteiger partial charge < -0.3 is 9.15 Å². The first-order chi connectivity index (χ1) is 8.74. The summed E-state index contributed by atoms with van der Waals surface area (Å²) in [5.74, 6) is 0.344. The van der Waals surface area contributed by atoms with Crippen molar-refractivity contribution < 1.29 is 18.7 Å². The minimum absolute atomic E-state index is 0.0467. The molecule has 0 spiro atoms. The summed E-state index contributed by atoms with van der Waals surface area (Å²) in [7, 11) is 0. The van der Waals surface area contributed by atoms with Gasteiger partial charge in [-0.25, -0.2) is 0 Å². The smallest absolute Gasteiger partial charge is 0.305 e. The van der Waals surface area contributed by atoms with Crippen molar-refractivity contribution in [1.82, 2.24) is 0 Å². The molecule has 1 heterocycles. The Labute approximate surface area is 107 Å². The fourth-order valence-corrected chi connectivity index (χ4v) is 1.70. The molecule has 0 aromatic carbocycles. The molecule has 0 saturated carbocycles. The van der Waals surface area contributed by atoms with E-state index in [4.69, 9.17) is 9.15 Å². The normalized spacial score (nSPS) is 10.3. The Balaban J connectivity index is 1.99. The minimum atomic E-state index is -0.135. The van der Waals surface area contributed by atoms with Crippen molar-refractivity contribution in [3.8, 4) is 0 Å². The van der Waals surface area contributed by atoms with Crippen LogP contribution in [0.15, 0.2) is 22.8 Å². The van der Waals surface area contributed by atoms with Crippen LogP contribution in [-0.4, -0.2) is 18.4 Å². The third kappa shape index (κ3) is 5.66. The molecule has 1 rings (SSSR count). The van der Waals surface area contributed by atoms with Crippen LogP contribution in [0, 0.1) is 0 Å². The van der Waals surface area contributed by atoms with E-state index in [-0.39, 0.29) is 11.8 Å². The average molecular weight is 252 g/mol. The number of hydrogen-bond acceptors (Lipinski definition) is 4. The highest BCUT2D eigenvalue weighted by Crippen LogP contribution is 2.10. The number of ketones is 1. The predicted molar refractivity (Wildman–Crippen MR) is 67.4 cm³/mol. The fraction of sp³-hybridized carbons (Fsp3) is 0.571. The lowest BCUT2D eigenvalue weighted by Gasteiger charge is -2.01. The van der Waals surface area contributed by atoms with E-state index >= 15 is 0 Å². The van der Waals surface area contributed by atoms with E-state index in [1.807, 2.05) is 0 Å². The van der Waals surface area contributed by atoms with Crippen LogP contribution in [0.4, 0.5) is 0 Å². The number of ether oxygens (including phenoxy) is 1. The topological polar surface area (TPSA) is 56.5 Å². The van der Waals surface area contributed by atoms with E-state index in [1.54, 1.807) is 19.1 Å². The van der Waals surface area contributed by atoms with Crippen LogP contribution in [0.25, 0.3) is 0 Å². The molecule has 100 valence electrons. The molecule has 0 unspecified atom stereocenters. The van der Waals surface area contributed by atoms with Gasteiger partial charge in [0, 0.05) is 12.8 Å². The molecule has 0 bridgehead atoms. The molecule has 0 aliphatic heterocycles. The summed E-state index contributed by atoms with van der Waals surface area (Å²) in [4.78, 5) is 22.6. The van der Waals surface area contributed by atoms with Gasteiger partial charge in [-0.1, -0.05) is 12.8 Å². The summed E-state index contributed by atoms with van der Waals surface area (Å²) in [6.07, 6.45) is 6.05. The molecule has 1 aromatic rings. The van der Waals surface area contributed by atoms with Gasteiger partial charge >= 0.3 is 5.97 Å². The number of carbonyl (C=O) groups is 2. The lowest BCUT2D eigenvalue weighted by atomic mass is 10.1. The quantitative estimate of drug-likeness (QED) is 0.384. The Morgan fingerprint density at radius 2 is 1.89 bits per heavy atom. The van der Waals surface area contributed by atoms with Crippen molar-refractivity contribution in [1.29, 1.82) is 0 Å².